The van der Waals surface area contributed by atoms with E-state index in [-0.39, 0.29) is 16.9 Å². The fraction of sp³-hybridized carbons (Fsp3) is 0.154. The molecule has 0 unspecified atom stereocenters. The summed E-state index contributed by atoms with van der Waals surface area (Å²) in [6.45, 7) is 2.42. The summed E-state index contributed by atoms with van der Waals surface area (Å²) in [7, 11) is 0. The minimum atomic E-state index is -0.245. The van der Waals surface area contributed by atoms with Gasteiger partial charge in [-0.15, -0.1) is 0 Å². The Labute approximate surface area is 98.3 Å². The van der Waals surface area contributed by atoms with E-state index < -0.39 is 0 Å². The van der Waals surface area contributed by atoms with Gasteiger partial charge in [-0.25, -0.2) is 4.39 Å². The SMILES string of the molecule is Cc1cc(F)ccc1Cn1ccc(=O)c(N)c1. The number of halogens is 1. The fourth-order valence-corrected chi connectivity index (χ4v) is 1.68. The van der Waals surface area contributed by atoms with Gasteiger partial charge in [0, 0.05) is 25.0 Å². The van der Waals surface area contributed by atoms with Crippen molar-refractivity contribution in [3.8, 4) is 0 Å². The molecule has 2 rings (SSSR count). The monoisotopic (exact) mass is 232 g/mol. The van der Waals surface area contributed by atoms with Crippen molar-refractivity contribution in [1.29, 1.82) is 0 Å². The molecule has 0 saturated carbocycles. The maximum absolute atomic E-state index is 12.9. The standard InChI is InChI=1S/C13H13FN2O/c1-9-6-11(14)3-2-10(9)7-16-5-4-13(17)12(15)8-16/h2-6,8H,7,15H2,1H3. The number of hydrogen-bond acceptors (Lipinski definition) is 2. The molecule has 17 heavy (non-hydrogen) atoms. The van der Waals surface area contributed by atoms with Crippen LogP contribution in [0.1, 0.15) is 11.1 Å². The highest BCUT2D eigenvalue weighted by Crippen LogP contribution is 2.11. The van der Waals surface area contributed by atoms with Crippen molar-refractivity contribution in [3.05, 3.63) is 63.8 Å². The summed E-state index contributed by atoms with van der Waals surface area (Å²) in [5, 5.41) is 0. The van der Waals surface area contributed by atoms with Gasteiger partial charge in [0.1, 0.15) is 5.82 Å². The van der Waals surface area contributed by atoms with E-state index in [4.69, 9.17) is 5.73 Å². The molecule has 3 nitrogen and oxygen atoms in total. The number of nitrogens with two attached hydrogens (primary N) is 1. The molecular formula is C13H13FN2O. The lowest BCUT2D eigenvalue weighted by molar-refractivity contribution is 0.624. The van der Waals surface area contributed by atoms with E-state index in [0.29, 0.717) is 6.54 Å². The van der Waals surface area contributed by atoms with Gasteiger partial charge in [0.05, 0.1) is 5.69 Å². The quantitative estimate of drug-likeness (QED) is 0.860. The summed E-state index contributed by atoms with van der Waals surface area (Å²) in [5.74, 6) is -0.245. The first kappa shape index (κ1) is 11.4. The molecule has 1 aromatic carbocycles. The van der Waals surface area contributed by atoms with Crippen LogP contribution in [0.25, 0.3) is 0 Å². The van der Waals surface area contributed by atoms with Crippen molar-refractivity contribution >= 4 is 5.69 Å². The van der Waals surface area contributed by atoms with Gasteiger partial charge in [-0.1, -0.05) is 6.07 Å². The highest BCUT2D eigenvalue weighted by Gasteiger charge is 2.01. The van der Waals surface area contributed by atoms with Crippen molar-refractivity contribution in [2.24, 2.45) is 0 Å². The maximum atomic E-state index is 12.9. The molecule has 0 atom stereocenters. The van der Waals surface area contributed by atoms with Crippen LogP contribution in [0.15, 0.2) is 41.5 Å². The summed E-state index contributed by atoms with van der Waals surface area (Å²) in [4.78, 5) is 11.1. The second-order valence-electron chi connectivity index (χ2n) is 4.01. The lowest BCUT2D eigenvalue weighted by Crippen LogP contribution is -2.11. The molecule has 88 valence electrons. The Bertz CT molecular complexity index is 605. The number of nitrogen functional groups attached to an aromatic ring is 1. The average Bonchev–Trinajstić information content (AvgIpc) is 2.27. The van der Waals surface area contributed by atoms with Gasteiger partial charge in [-0.05, 0) is 30.2 Å². The van der Waals surface area contributed by atoms with Crippen LogP contribution in [0.2, 0.25) is 0 Å². The summed E-state index contributed by atoms with van der Waals surface area (Å²) < 4.78 is 14.7. The van der Waals surface area contributed by atoms with Crippen LogP contribution < -0.4 is 11.2 Å². The number of rotatable bonds is 2. The maximum Gasteiger partial charge on any atom is 0.204 e. The minimum Gasteiger partial charge on any atom is -0.394 e. The normalized spacial score (nSPS) is 10.5. The Hall–Kier alpha value is -2.10. The molecule has 0 aliphatic rings. The van der Waals surface area contributed by atoms with E-state index in [0.717, 1.165) is 11.1 Å². The molecule has 4 heteroatoms. The molecule has 0 aliphatic carbocycles. The van der Waals surface area contributed by atoms with E-state index >= 15 is 0 Å². The minimum absolute atomic E-state index is 0.183. The second-order valence-corrected chi connectivity index (χ2v) is 4.01. The Balaban J connectivity index is 2.31. The topological polar surface area (TPSA) is 48.0 Å². The zero-order valence-corrected chi connectivity index (χ0v) is 9.48. The zero-order valence-electron chi connectivity index (χ0n) is 9.48. The van der Waals surface area contributed by atoms with Crippen molar-refractivity contribution in [3.63, 3.8) is 0 Å². The van der Waals surface area contributed by atoms with E-state index in [2.05, 4.69) is 0 Å². The lowest BCUT2D eigenvalue weighted by atomic mass is 10.1. The molecule has 0 saturated heterocycles. The third kappa shape index (κ3) is 2.53. The number of hydrogen-bond donors (Lipinski definition) is 1. The average molecular weight is 232 g/mol. The molecule has 1 heterocycles. The van der Waals surface area contributed by atoms with E-state index in [1.54, 1.807) is 23.0 Å². The van der Waals surface area contributed by atoms with Crippen molar-refractivity contribution in [2.45, 2.75) is 13.5 Å². The number of pyridine rings is 1. The molecule has 0 radical (unpaired) electrons. The van der Waals surface area contributed by atoms with E-state index in [1.165, 1.54) is 18.2 Å². The van der Waals surface area contributed by atoms with Gasteiger partial charge in [-0.3, -0.25) is 4.79 Å². The Morgan fingerprint density at radius 1 is 1.35 bits per heavy atom. The van der Waals surface area contributed by atoms with Crippen LogP contribution in [0.4, 0.5) is 10.1 Å². The summed E-state index contributed by atoms with van der Waals surface area (Å²) in [6.07, 6.45) is 3.26. The van der Waals surface area contributed by atoms with Gasteiger partial charge >= 0.3 is 0 Å². The van der Waals surface area contributed by atoms with Gasteiger partial charge in [0.15, 0.2) is 0 Å². The lowest BCUT2D eigenvalue weighted by Gasteiger charge is -2.09. The predicted octanol–water partition coefficient (Wildman–Crippen LogP) is 1.93. The molecule has 0 fully saturated rings. The molecule has 0 bridgehead atoms. The number of nitrogens with zero attached hydrogens (tertiary/aromatic N) is 1. The van der Waals surface area contributed by atoms with Crippen LogP contribution in [-0.2, 0) is 6.54 Å². The highest BCUT2D eigenvalue weighted by atomic mass is 19.1. The molecule has 0 aliphatic heterocycles. The van der Waals surface area contributed by atoms with Crippen LogP contribution >= 0.6 is 0 Å². The third-order valence-electron chi connectivity index (χ3n) is 2.66. The number of benzene rings is 1. The van der Waals surface area contributed by atoms with Crippen LogP contribution in [0, 0.1) is 12.7 Å². The van der Waals surface area contributed by atoms with Gasteiger partial charge in [0.25, 0.3) is 0 Å². The van der Waals surface area contributed by atoms with E-state index in [1.807, 2.05) is 6.92 Å². The van der Waals surface area contributed by atoms with Gasteiger partial charge in [-0.2, -0.15) is 0 Å². The van der Waals surface area contributed by atoms with Crippen LogP contribution in [0.3, 0.4) is 0 Å². The van der Waals surface area contributed by atoms with Crippen LogP contribution in [-0.4, -0.2) is 4.57 Å². The molecule has 0 amide bonds. The second kappa shape index (κ2) is 4.41. The predicted molar refractivity (Wildman–Crippen MR) is 65.4 cm³/mol. The Morgan fingerprint density at radius 3 is 2.76 bits per heavy atom. The Morgan fingerprint density at radius 2 is 2.12 bits per heavy atom. The first-order valence-electron chi connectivity index (χ1n) is 5.27. The van der Waals surface area contributed by atoms with Gasteiger partial charge in [0.2, 0.25) is 5.43 Å². The number of anilines is 1. The molecule has 1 aromatic heterocycles. The fourth-order valence-electron chi connectivity index (χ4n) is 1.68. The van der Waals surface area contributed by atoms with Crippen molar-refractivity contribution < 1.29 is 4.39 Å². The van der Waals surface area contributed by atoms with E-state index in [9.17, 15) is 9.18 Å². The summed E-state index contributed by atoms with van der Waals surface area (Å²) in [6, 6.07) is 6.07. The number of aryl methyl sites for hydroxylation is 1. The Kier molecular flexibility index (Phi) is 2.95. The first-order valence-corrected chi connectivity index (χ1v) is 5.27. The highest BCUT2D eigenvalue weighted by molar-refractivity contribution is 5.34. The van der Waals surface area contributed by atoms with Crippen molar-refractivity contribution in [2.75, 3.05) is 5.73 Å². The third-order valence-corrected chi connectivity index (χ3v) is 2.66. The van der Waals surface area contributed by atoms with Crippen molar-refractivity contribution in [1.82, 2.24) is 4.57 Å². The smallest absolute Gasteiger partial charge is 0.204 e. The molecule has 2 aromatic rings. The number of aromatic nitrogens is 1. The summed E-state index contributed by atoms with van der Waals surface area (Å²) >= 11 is 0. The van der Waals surface area contributed by atoms with Crippen LogP contribution in [0.5, 0.6) is 0 Å². The zero-order chi connectivity index (χ0) is 12.4. The molecular weight excluding hydrogens is 219 g/mol. The molecule has 2 N–H and O–H groups in total. The summed E-state index contributed by atoms with van der Waals surface area (Å²) in [5.41, 5.74) is 7.45. The first-order chi connectivity index (χ1) is 8.06. The largest absolute Gasteiger partial charge is 0.394 e. The molecule has 0 spiro atoms. The van der Waals surface area contributed by atoms with Gasteiger partial charge < -0.3 is 10.3 Å².